The molecule has 0 unspecified atom stereocenters. The summed E-state index contributed by atoms with van der Waals surface area (Å²) >= 11 is 12.0. The van der Waals surface area contributed by atoms with Gasteiger partial charge >= 0.3 is 6.29 Å². The van der Waals surface area contributed by atoms with Crippen molar-refractivity contribution in [1.29, 1.82) is 10.5 Å². The van der Waals surface area contributed by atoms with E-state index in [9.17, 15) is 8.78 Å². The van der Waals surface area contributed by atoms with Gasteiger partial charge in [0, 0.05) is 65.1 Å². The lowest BCUT2D eigenvalue weighted by Crippen LogP contribution is -2.26. The Labute approximate surface area is 261 Å². The Hall–Kier alpha value is -5.48. The van der Waals surface area contributed by atoms with E-state index < -0.39 is 6.29 Å². The van der Waals surface area contributed by atoms with Crippen LogP contribution < -0.4 is 9.47 Å². The molecule has 0 fully saturated rings. The molecule has 4 heterocycles. The van der Waals surface area contributed by atoms with Gasteiger partial charge in [-0.25, -0.2) is 0 Å². The Bertz CT molecular complexity index is 1960. The van der Waals surface area contributed by atoms with E-state index in [4.69, 9.17) is 33.7 Å². The number of alkyl halides is 2. The third-order valence-electron chi connectivity index (χ3n) is 6.35. The molecule has 2 N–H and O–H groups in total. The van der Waals surface area contributed by atoms with E-state index in [1.165, 1.54) is 18.0 Å². The molecule has 0 radical (unpaired) electrons. The number of aromatic amines is 2. The Balaban J connectivity index is 0.000000135. The summed E-state index contributed by atoms with van der Waals surface area (Å²) in [6, 6.07) is 28.3. The topological polar surface area (TPSA) is 103 Å². The van der Waals surface area contributed by atoms with Gasteiger partial charge in [0.2, 0.25) is 0 Å². The van der Waals surface area contributed by atoms with E-state index in [1.54, 1.807) is 42.9 Å². The maximum absolute atomic E-state index is 13.0. The first kappa shape index (κ1) is 30.0. The molecule has 0 atom stereocenters. The lowest BCUT2D eigenvalue weighted by Gasteiger charge is -2.06. The quantitative estimate of drug-likeness (QED) is 0.204. The van der Waals surface area contributed by atoms with Crippen molar-refractivity contribution in [1.82, 2.24) is 14.5 Å². The van der Waals surface area contributed by atoms with Crippen LogP contribution in [0.2, 0.25) is 10.0 Å². The average molecular weight is 628 g/mol. The van der Waals surface area contributed by atoms with Crippen LogP contribution in [0.3, 0.4) is 0 Å². The highest BCUT2D eigenvalue weighted by atomic mass is 35.5. The number of H-pyrrole nitrogens is 2. The number of aromatic nitrogens is 3. The minimum atomic E-state index is -3.67. The van der Waals surface area contributed by atoms with E-state index in [0.29, 0.717) is 32.3 Å². The Morgan fingerprint density at radius 1 is 0.659 bits per heavy atom. The van der Waals surface area contributed by atoms with Crippen LogP contribution in [0.25, 0.3) is 27.9 Å². The Kier molecular flexibility index (Phi) is 9.01. The zero-order valence-electron chi connectivity index (χ0n) is 22.6. The minimum absolute atomic E-state index is 0.0393. The molecule has 0 amide bonds. The SMILES string of the molecule is N#Cc1c[nH]cc1-c1cccc(Cl)c1Cl.N#Cc1c[nH]cc1-c1cccc2c1OC(F)(F)O2.c1ccc(-n2cccc2)cc1. The summed E-state index contributed by atoms with van der Waals surface area (Å²) < 4.78 is 37.0. The minimum Gasteiger partial charge on any atom is -0.395 e. The van der Waals surface area contributed by atoms with Gasteiger partial charge in [0.15, 0.2) is 11.5 Å². The molecule has 0 bridgehead atoms. The van der Waals surface area contributed by atoms with Crippen LogP contribution in [-0.2, 0) is 0 Å². The van der Waals surface area contributed by atoms with Crippen molar-refractivity contribution in [3.8, 4) is 51.6 Å². The van der Waals surface area contributed by atoms with Crippen molar-refractivity contribution in [3.05, 3.63) is 137 Å². The third-order valence-corrected chi connectivity index (χ3v) is 7.17. The highest BCUT2D eigenvalue weighted by Crippen LogP contribution is 2.47. The number of nitrogens with one attached hydrogen (secondary N) is 2. The number of fused-ring (bicyclic) bond motifs is 1. The van der Waals surface area contributed by atoms with Gasteiger partial charge in [-0.1, -0.05) is 65.7 Å². The monoisotopic (exact) mass is 627 g/mol. The number of para-hydroxylation sites is 2. The molecule has 7 rings (SSSR count). The van der Waals surface area contributed by atoms with Gasteiger partial charge in [-0.3, -0.25) is 0 Å². The molecule has 1 aliphatic heterocycles. The van der Waals surface area contributed by atoms with E-state index in [1.807, 2.05) is 54.9 Å². The van der Waals surface area contributed by atoms with Crippen molar-refractivity contribution in [2.24, 2.45) is 0 Å². The summed E-state index contributed by atoms with van der Waals surface area (Å²) in [5, 5.41) is 18.8. The average Bonchev–Trinajstić information content (AvgIpc) is 3.85. The second kappa shape index (κ2) is 13.2. The first-order valence-electron chi connectivity index (χ1n) is 13.0. The van der Waals surface area contributed by atoms with Gasteiger partial charge in [-0.2, -0.15) is 10.5 Å². The first-order valence-corrected chi connectivity index (χ1v) is 13.7. The van der Waals surface area contributed by atoms with Gasteiger partial charge in [-0.05, 0) is 36.4 Å². The largest absolute Gasteiger partial charge is 0.586 e. The molecule has 0 spiro atoms. The number of nitriles is 2. The third kappa shape index (κ3) is 6.61. The zero-order valence-corrected chi connectivity index (χ0v) is 24.2. The lowest BCUT2D eigenvalue weighted by atomic mass is 10.0. The first-order chi connectivity index (χ1) is 21.3. The van der Waals surface area contributed by atoms with Crippen LogP contribution in [0.5, 0.6) is 11.5 Å². The number of benzene rings is 3. The van der Waals surface area contributed by atoms with Crippen molar-refractivity contribution in [3.63, 3.8) is 0 Å². The molecule has 1 aliphatic rings. The molecular weight excluding hydrogens is 607 g/mol. The molecule has 11 heteroatoms. The number of nitrogens with zero attached hydrogens (tertiary/aromatic N) is 3. The molecule has 218 valence electrons. The molecule has 7 nitrogen and oxygen atoms in total. The highest BCUT2D eigenvalue weighted by Gasteiger charge is 2.44. The van der Waals surface area contributed by atoms with Crippen LogP contribution in [-0.4, -0.2) is 20.8 Å². The van der Waals surface area contributed by atoms with Gasteiger partial charge in [0.05, 0.1) is 21.2 Å². The fourth-order valence-corrected chi connectivity index (χ4v) is 4.76. The zero-order chi connectivity index (χ0) is 31.1. The maximum atomic E-state index is 13.0. The predicted octanol–water partition coefficient (Wildman–Crippen LogP) is 9.21. The molecule has 0 saturated carbocycles. The van der Waals surface area contributed by atoms with Crippen LogP contribution in [0, 0.1) is 22.7 Å². The summed E-state index contributed by atoms with van der Waals surface area (Å²) in [5.74, 6) is -0.0961. The van der Waals surface area contributed by atoms with E-state index in [2.05, 4.69) is 42.2 Å². The fourth-order valence-electron chi connectivity index (χ4n) is 4.36. The van der Waals surface area contributed by atoms with Crippen LogP contribution >= 0.6 is 23.2 Å². The summed E-state index contributed by atoms with van der Waals surface area (Å²) in [7, 11) is 0. The molecule has 3 aromatic carbocycles. The van der Waals surface area contributed by atoms with Gasteiger partial charge in [0.1, 0.15) is 12.1 Å². The van der Waals surface area contributed by atoms with Crippen LogP contribution in [0.15, 0.2) is 116 Å². The Morgan fingerprint density at radius 3 is 1.89 bits per heavy atom. The maximum Gasteiger partial charge on any atom is 0.586 e. The van der Waals surface area contributed by atoms with E-state index in [0.717, 1.165) is 11.1 Å². The second-order valence-corrected chi connectivity index (χ2v) is 9.90. The van der Waals surface area contributed by atoms with Crippen LogP contribution in [0.4, 0.5) is 8.78 Å². The smallest absolute Gasteiger partial charge is 0.395 e. The summed E-state index contributed by atoms with van der Waals surface area (Å²) in [5.41, 5.74) is 4.53. The van der Waals surface area contributed by atoms with Gasteiger partial charge in [-0.15, -0.1) is 8.78 Å². The molecule has 3 aromatic heterocycles. The number of halogens is 4. The van der Waals surface area contributed by atoms with Gasteiger partial charge < -0.3 is 24.0 Å². The van der Waals surface area contributed by atoms with E-state index >= 15 is 0 Å². The molecule has 44 heavy (non-hydrogen) atoms. The van der Waals surface area contributed by atoms with E-state index in [-0.39, 0.29) is 11.5 Å². The molecular formula is C33H21Cl2F2N5O2. The normalized spacial score (nSPS) is 12.1. The van der Waals surface area contributed by atoms with Crippen molar-refractivity contribution < 1.29 is 18.3 Å². The number of hydrogen-bond acceptors (Lipinski definition) is 4. The number of rotatable bonds is 3. The van der Waals surface area contributed by atoms with Crippen molar-refractivity contribution >= 4 is 23.2 Å². The summed E-state index contributed by atoms with van der Waals surface area (Å²) in [6.45, 7) is 0. The van der Waals surface area contributed by atoms with Crippen molar-refractivity contribution in [2.45, 2.75) is 6.29 Å². The molecule has 0 aliphatic carbocycles. The summed E-state index contributed by atoms with van der Waals surface area (Å²) in [6.07, 6.45) is 6.81. The standard InChI is InChI=1S/C12H6F2N2O2.C11H6Cl2N2.C10H9N/c13-12(14)17-10-3-1-2-8(11(10)18-12)9-6-16-5-7(9)4-15;12-10-3-1-2-8(11(10)13)9-6-15-5-7(9)4-14;1-2-6-10(7-3-1)11-8-4-5-9-11/h1-3,5-6,16H;1-3,5-6,15H;1-9H. The molecule has 0 saturated heterocycles. The number of ether oxygens (including phenoxy) is 2. The lowest BCUT2D eigenvalue weighted by molar-refractivity contribution is -0.286. The summed E-state index contributed by atoms with van der Waals surface area (Å²) in [4.78, 5) is 5.62. The second-order valence-electron chi connectivity index (χ2n) is 9.12. The molecule has 6 aromatic rings. The Morgan fingerprint density at radius 2 is 1.25 bits per heavy atom. The predicted molar refractivity (Wildman–Crippen MR) is 164 cm³/mol. The number of hydrogen-bond donors (Lipinski definition) is 2. The van der Waals surface area contributed by atoms with Crippen LogP contribution in [0.1, 0.15) is 11.1 Å². The highest BCUT2D eigenvalue weighted by molar-refractivity contribution is 6.43. The van der Waals surface area contributed by atoms with Gasteiger partial charge in [0.25, 0.3) is 0 Å². The van der Waals surface area contributed by atoms with Crippen molar-refractivity contribution in [2.75, 3.05) is 0 Å². The fraction of sp³-hybridized carbons (Fsp3) is 0.0303.